The molecule has 0 radical (unpaired) electrons. The van der Waals surface area contributed by atoms with E-state index in [0.717, 1.165) is 5.56 Å². The van der Waals surface area contributed by atoms with E-state index in [9.17, 15) is 13.4 Å². The van der Waals surface area contributed by atoms with E-state index in [1.54, 1.807) is 42.7 Å². The highest BCUT2D eigenvalue weighted by atomic mass is 32.2. The molecule has 0 heterocycles. The van der Waals surface area contributed by atoms with Gasteiger partial charge in [0.2, 0.25) is 5.91 Å². The van der Waals surface area contributed by atoms with Crippen LogP contribution in [0.2, 0.25) is 0 Å². The Balaban J connectivity index is 2.02. The van der Waals surface area contributed by atoms with Gasteiger partial charge in [0.15, 0.2) is 0 Å². The number of rotatable bonds is 4. The molecule has 0 aliphatic heterocycles. The summed E-state index contributed by atoms with van der Waals surface area (Å²) in [6.45, 7) is 0. The molecular weight excluding hydrogens is 277 g/mol. The molecule has 1 unspecified atom stereocenters. The molecule has 104 valence electrons. The van der Waals surface area contributed by atoms with E-state index in [0.29, 0.717) is 10.6 Å². The molecule has 0 bridgehead atoms. The number of benzene rings is 2. The van der Waals surface area contributed by atoms with Gasteiger partial charge < -0.3 is 5.32 Å². The minimum atomic E-state index is -1.09. The van der Waals surface area contributed by atoms with Crippen molar-refractivity contribution in [2.24, 2.45) is 0 Å². The van der Waals surface area contributed by atoms with Crippen molar-refractivity contribution in [3.05, 3.63) is 59.9 Å². The van der Waals surface area contributed by atoms with E-state index in [1.165, 1.54) is 12.1 Å². The quantitative estimate of drug-likeness (QED) is 0.941. The Morgan fingerprint density at radius 2 is 1.90 bits per heavy atom. The van der Waals surface area contributed by atoms with Gasteiger partial charge in [-0.15, -0.1) is 0 Å². The molecule has 5 heteroatoms. The van der Waals surface area contributed by atoms with Crippen LogP contribution in [0.25, 0.3) is 0 Å². The summed E-state index contributed by atoms with van der Waals surface area (Å²) in [7, 11) is -1.09. The minimum Gasteiger partial charge on any atom is -0.326 e. The predicted molar refractivity (Wildman–Crippen MR) is 77.5 cm³/mol. The third-order valence-electron chi connectivity index (χ3n) is 2.73. The molecule has 0 aromatic heterocycles. The normalized spacial score (nSPS) is 11.9. The lowest BCUT2D eigenvalue weighted by molar-refractivity contribution is -0.115. The molecule has 0 saturated heterocycles. The minimum absolute atomic E-state index is 0.166. The van der Waals surface area contributed by atoms with Crippen molar-refractivity contribution in [1.29, 1.82) is 0 Å². The summed E-state index contributed by atoms with van der Waals surface area (Å²) < 4.78 is 24.1. The lowest BCUT2D eigenvalue weighted by Crippen LogP contribution is -2.14. The molecule has 1 atom stereocenters. The molecule has 0 aliphatic rings. The second-order valence-corrected chi connectivity index (χ2v) is 5.71. The van der Waals surface area contributed by atoms with Gasteiger partial charge in [0, 0.05) is 27.6 Å². The average Bonchev–Trinajstić information content (AvgIpc) is 2.41. The second kappa shape index (κ2) is 6.43. The van der Waals surface area contributed by atoms with Gasteiger partial charge in [0.1, 0.15) is 5.82 Å². The number of carbonyl (C=O) groups excluding carboxylic acids is 1. The summed E-state index contributed by atoms with van der Waals surface area (Å²) in [5.74, 6) is -0.525. The molecule has 0 aliphatic carbocycles. The van der Waals surface area contributed by atoms with Crippen molar-refractivity contribution < 1.29 is 13.4 Å². The second-order valence-electron chi connectivity index (χ2n) is 4.33. The van der Waals surface area contributed by atoms with Gasteiger partial charge in [0.25, 0.3) is 0 Å². The maximum atomic E-state index is 12.8. The molecule has 0 spiro atoms. The lowest BCUT2D eigenvalue weighted by atomic mass is 10.1. The predicted octanol–water partition coefficient (Wildman–Crippen LogP) is 2.74. The van der Waals surface area contributed by atoms with Crippen molar-refractivity contribution >= 4 is 22.4 Å². The van der Waals surface area contributed by atoms with Crippen LogP contribution < -0.4 is 5.32 Å². The summed E-state index contributed by atoms with van der Waals surface area (Å²) >= 11 is 0. The molecule has 0 fully saturated rings. The molecule has 20 heavy (non-hydrogen) atoms. The topological polar surface area (TPSA) is 46.2 Å². The summed E-state index contributed by atoms with van der Waals surface area (Å²) in [6, 6.07) is 12.7. The third kappa shape index (κ3) is 3.99. The molecular formula is C15H14FNO2S. The molecule has 2 aromatic carbocycles. The van der Waals surface area contributed by atoms with E-state index in [-0.39, 0.29) is 18.1 Å². The van der Waals surface area contributed by atoms with Gasteiger partial charge >= 0.3 is 0 Å². The fourth-order valence-corrected chi connectivity index (χ4v) is 2.31. The van der Waals surface area contributed by atoms with Crippen molar-refractivity contribution in [3.8, 4) is 0 Å². The van der Waals surface area contributed by atoms with E-state index in [1.807, 2.05) is 0 Å². The zero-order chi connectivity index (χ0) is 14.5. The Kier molecular flexibility index (Phi) is 4.63. The highest BCUT2D eigenvalue weighted by molar-refractivity contribution is 7.84. The van der Waals surface area contributed by atoms with Crippen LogP contribution >= 0.6 is 0 Å². The van der Waals surface area contributed by atoms with Crippen molar-refractivity contribution in [1.82, 2.24) is 0 Å². The Morgan fingerprint density at radius 1 is 1.20 bits per heavy atom. The number of nitrogens with one attached hydrogen (secondary N) is 1. The van der Waals surface area contributed by atoms with Crippen LogP contribution in [0.1, 0.15) is 5.56 Å². The van der Waals surface area contributed by atoms with Crippen molar-refractivity contribution in [2.45, 2.75) is 11.3 Å². The van der Waals surface area contributed by atoms with Crippen molar-refractivity contribution in [3.63, 3.8) is 0 Å². The Labute approximate surface area is 119 Å². The standard InChI is InChI=1S/C15H14FNO2S/c1-20(19)14-4-2-3-13(10-14)17-15(18)9-11-5-7-12(16)8-6-11/h2-8,10H,9H2,1H3,(H,17,18). The monoisotopic (exact) mass is 291 g/mol. The maximum Gasteiger partial charge on any atom is 0.228 e. The first-order valence-electron chi connectivity index (χ1n) is 6.02. The fraction of sp³-hybridized carbons (Fsp3) is 0.133. The zero-order valence-electron chi connectivity index (χ0n) is 10.9. The molecule has 0 saturated carbocycles. The number of halogens is 1. The summed E-state index contributed by atoms with van der Waals surface area (Å²) in [5, 5.41) is 2.73. The molecule has 1 N–H and O–H groups in total. The van der Waals surface area contributed by atoms with Crippen LogP contribution in [0, 0.1) is 5.82 Å². The van der Waals surface area contributed by atoms with E-state index >= 15 is 0 Å². The summed E-state index contributed by atoms with van der Waals surface area (Å²) in [4.78, 5) is 12.5. The largest absolute Gasteiger partial charge is 0.326 e. The number of carbonyl (C=O) groups is 1. The van der Waals surface area contributed by atoms with Gasteiger partial charge in [-0.1, -0.05) is 18.2 Å². The maximum absolute atomic E-state index is 12.8. The number of hydrogen-bond donors (Lipinski definition) is 1. The summed E-state index contributed by atoms with van der Waals surface area (Å²) in [6.07, 6.45) is 1.75. The van der Waals surface area contributed by atoms with Crippen LogP contribution in [0.15, 0.2) is 53.4 Å². The Bertz CT molecular complexity index is 641. The van der Waals surface area contributed by atoms with Crippen LogP contribution in [0.3, 0.4) is 0 Å². The number of anilines is 1. The van der Waals surface area contributed by atoms with Crippen LogP contribution in [-0.4, -0.2) is 16.4 Å². The van der Waals surface area contributed by atoms with E-state index in [4.69, 9.17) is 0 Å². The molecule has 2 aromatic rings. The van der Waals surface area contributed by atoms with Crippen LogP contribution in [0.4, 0.5) is 10.1 Å². The van der Waals surface area contributed by atoms with Crippen LogP contribution in [-0.2, 0) is 22.0 Å². The first-order valence-corrected chi connectivity index (χ1v) is 7.58. The van der Waals surface area contributed by atoms with Crippen molar-refractivity contribution in [2.75, 3.05) is 11.6 Å². The van der Waals surface area contributed by atoms with Gasteiger partial charge in [-0.25, -0.2) is 4.39 Å². The summed E-state index contributed by atoms with van der Waals surface area (Å²) in [5.41, 5.74) is 1.34. The van der Waals surface area contributed by atoms with Gasteiger partial charge in [-0.2, -0.15) is 0 Å². The van der Waals surface area contributed by atoms with Gasteiger partial charge in [-0.3, -0.25) is 9.00 Å². The zero-order valence-corrected chi connectivity index (χ0v) is 11.7. The van der Waals surface area contributed by atoms with Gasteiger partial charge in [0.05, 0.1) is 6.42 Å². The molecule has 1 amide bonds. The molecule has 3 nitrogen and oxygen atoms in total. The van der Waals surface area contributed by atoms with Crippen LogP contribution in [0.5, 0.6) is 0 Å². The first-order chi connectivity index (χ1) is 9.54. The Morgan fingerprint density at radius 3 is 2.55 bits per heavy atom. The highest BCUT2D eigenvalue weighted by Gasteiger charge is 2.06. The average molecular weight is 291 g/mol. The van der Waals surface area contributed by atoms with E-state index in [2.05, 4.69) is 5.32 Å². The Hall–Kier alpha value is -2.01. The number of hydrogen-bond acceptors (Lipinski definition) is 2. The molecule has 2 rings (SSSR count). The SMILES string of the molecule is CS(=O)c1cccc(NC(=O)Cc2ccc(F)cc2)c1. The highest BCUT2D eigenvalue weighted by Crippen LogP contribution is 2.14. The third-order valence-corrected chi connectivity index (χ3v) is 3.65. The number of amides is 1. The van der Waals surface area contributed by atoms with E-state index < -0.39 is 10.8 Å². The lowest BCUT2D eigenvalue weighted by Gasteiger charge is -2.06. The smallest absolute Gasteiger partial charge is 0.228 e. The van der Waals surface area contributed by atoms with Gasteiger partial charge in [-0.05, 0) is 35.9 Å². The fourth-order valence-electron chi connectivity index (χ4n) is 1.75. The first kappa shape index (κ1) is 14.4.